The number of hydrogen-bond donors (Lipinski definition) is 1. The fourth-order valence-electron chi connectivity index (χ4n) is 4.77. The number of esters is 1. The number of fused-ring (bicyclic) bond motifs is 4. The van der Waals surface area contributed by atoms with Crippen molar-refractivity contribution < 1.29 is 27.1 Å². The van der Waals surface area contributed by atoms with Gasteiger partial charge in [0.2, 0.25) is 5.82 Å². The van der Waals surface area contributed by atoms with Crippen molar-refractivity contribution in [3.63, 3.8) is 0 Å². The lowest BCUT2D eigenvalue weighted by molar-refractivity contribution is -0.145. The van der Waals surface area contributed by atoms with E-state index >= 15 is 0 Å². The minimum atomic E-state index is -4.68. The highest BCUT2D eigenvalue weighted by molar-refractivity contribution is 5.90. The third-order valence-electron chi connectivity index (χ3n) is 6.22. The summed E-state index contributed by atoms with van der Waals surface area (Å²) in [6.07, 6.45) is -3.10. The standard InChI is InChI=1S/C25H22F4N4O2/c1-2-35-22(34)13-33-20-9-7-14(26)11-17(20)18-12-15(8-10-21(18)33)30-23-16-5-3-4-6-19(16)31-24(32-23)25(27,28)29/h3-7,9,11,15H,2,8,10,12-13H2,1H3,(H,30,31,32)/t15-/m0/s1. The molecule has 1 aliphatic carbocycles. The summed E-state index contributed by atoms with van der Waals surface area (Å²) in [6, 6.07) is 10.7. The molecule has 0 saturated heterocycles. The van der Waals surface area contributed by atoms with E-state index < -0.39 is 17.8 Å². The van der Waals surface area contributed by atoms with E-state index in [9.17, 15) is 22.4 Å². The SMILES string of the molecule is CCOC(=O)Cn1c2c(c3cc(F)ccc31)C[C@@H](Nc1nc(C(F)(F)F)nc3ccccc13)CC2. The molecule has 0 fully saturated rings. The molecule has 1 aliphatic rings. The highest BCUT2D eigenvalue weighted by Gasteiger charge is 2.36. The molecular formula is C25H22F4N4O2. The van der Waals surface area contributed by atoms with Gasteiger partial charge in [-0.2, -0.15) is 13.2 Å². The second kappa shape index (κ2) is 8.83. The smallest absolute Gasteiger partial charge is 0.451 e. The van der Waals surface area contributed by atoms with Crippen LogP contribution in [-0.4, -0.2) is 33.2 Å². The Morgan fingerprint density at radius 1 is 1.17 bits per heavy atom. The second-order valence-corrected chi connectivity index (χ2v) is 8.47. The summed E-state index contributed by atoms with van der Waals surface area (Å²) in [7, 11) is 0. The molecule has 1 atom stereocenters. The highest BCUT2D eigenvalue weighted by atomic mass is 19.4. The normalized spacial score (nSPS) is 15.9. The number of carbonyl (C=O) groups excluding carboxylic acids is 1. The molecule has 182 valence electrons. The third kappa shape index (κ3) is 4.40. The fraction of sp³-hybridized carbons (Fsp3) is 0.320. The molecule has 2 aromatic heterocycles. The Kier molecular flexibility index (Phi) is 5.82. The van der Waals surface area contributed by atoms with E-state index in [4.69, 9.17) is 4.74 Å². The van der Waals surface area contributed by atoms with Gasteiger partial charge in [0.05, 0.1) is 12.1 Å². The summed E-state index contributed by atoms with van der Waals surface area (Å²) in [4.78, 5) is 19.7. The topological polar surface area (TPSA) is 69.0 Å². The van der Waals surface area contributed by atoms with E-state index in [-0.39, 0.29) is 36.5 Å². The molecule has 0 spiro atoms. The molecule has 1 N–H and O–H groups in total. The van der Waals surface area contributed by atoms with Crippen molar-refractivity contribution in [2.24, 2.45) is 0 Å². The number of hydrogen-bond acceptors (Lipinski definition) is 5. The van der Waals surface area contributed by atoms with Crippen LogP contribution in [0.5, 0.6) is 0 Å². The molecule has 4 aromatic rings. The third-order valence-corrected chi connectivity index (χ3v) is 6.22. The van der Waals surface area contributed by atoms with Crippen molar-refractivity contribution in [1.29, 1.82) is 0 Å². The van der Waals surface area contributed by atoms with Crippen molar-refractivity contribution in [1.82, 2.24) is 14.5 Å². The Labute approximate surface area is 197 Å². The highest BCUT2D eigenvalue weighted by Crippen LogP contribution is 2.35. The molecule has 0 aliphatic heterocycles. The number of para-hydroxylation sites is 1. The van der Waals surface area contributed by atoms with Crippen LogP contribution in [0.3, 0.4) is 0 Å². The molecule has 10 heteroatoms. The van der Waals surface area contributed by atoms with Gasteiger partial charge in [0, 0.05) is 28.0 Å². The number of aromatic nitrogens is 3. The molecule has 0 radical (unpaired) electrons. The zero-order chi connectivity index (χ0) is 24.7. The van der Waals surface area contributed by atoms with Crippen molar-refractivity contribution >= 4 is 33.6 Å². The first kappa shape index (κ1) is 23.1. The van der Waals surface area contributed by atoms with E-state index in [1.165, 1.54) is 18.2 Å². The van der Waals surface area contributed by atoms with E-state index in [2.05, 4.69) is 15.3 Å². The zero-order valence-electron chi connectivity index (χ0n) is 18.8. The van der Waals surface area contributed by atoms with Gasteiger partial charge in [0.25, 0.3) is 0 Å². The number of halogens is 4. The number of anilines is 1. The predicted molar refractivity (Wildman–Crippen MR) is 123 cm³/mol. The summed E-state index contributed by atoms with van der Waals surface area (Å²) in [5, 5.41) is 4.35. The largest absolute Gasteiger partial charge is 0.465 e. The van der Waals surface area contributed by atoms with Gasteiger partial charge in [-0.15, -0.1) is 0 Å². The van der Waals surface area contributed by atoms with Gasteiger partial charge in [-0.25, -0.2) is 14.4 Å². The molecule has 6 nitrogen and oxygen atoms in total. The van der Waals surface area contributed by atoms with E-state index in [1.807, 2.05) is 4.57 Å². The van der Waals surface area contributed by atoms with E-state index in [0.29, 0.717) is 30.0 Å². The molecule has 35 heavy (non-hydrogen) atoms. The number of nitrogens with zero attached hydrogens (tertiary/aromatic N) is 3. The van der Waals surface area contributed by atoms with Gasteiger partial charge in [-0.05, 0) is 62.1 Å². The minimum absolute atomic E-state index is 0.00882. The second-order valence-electron chi connectivity index (χ2n) is 8.47. The monoisotopic (exact) mass is 486 g/mol. The summed E-state index contributed by atoms with van der Waals surface area (Å²) < 4.78 is 61.3. The zero-order valence-corrected chi connectivity index (χ0v) is 18.8. The predicted octanol–water partition coefficient (Wildman–Crippen LogP) is 5.27. The lowest BCUT2D eigenvalue weighted by Gasteiger charge is -2.26. The molecule has 0 amide bonds. The quantitative estimate of drug-likeness (QED) is 0.307. The Bertz CT molecular complexity index is 1430. The number of ether oxygens (including phenoxy) is 1. The summed E-state index contributed by atoms with van der Waals surface area (Å²) in [5.41, 5.74) is 2.68. The van der Waals surface area contributed by atoms with Crippen LogP contribution < -0.4 is 5.32 Å². The van der Waals surface area contributed by atoms with Crippen LogP contribution in [0.15, 0.2) is 42.5 Å². The van der Waals surface area contributed by atoms with E-state index in [0.717, 1.165) is 16.8 Å². The van der Waals surface area contributed by atoms with Gasteiger partial charge in [-0.3, -0.25) is 4.79 Å². The first-order valence-corrected chi connectivity index (χ1v) is 11.3. The first-order valence-electron chi connectivity index (χ1n) is 11.3. The van der Waals surface area contributed by atoms with Gasteiger partial charge >= 0.3 is 12.1 Å². The number of carbonyl (C=O) groups is 1. The Morgan fingerprint density at radius 2 is 1.97 bits per heavy atom. The lowest BCUT2D eigenvalue weighted by Crippen LogP contribution is -2.29. The Morgan fingerprint density at radius 3 is 2.74 bits per heavy atom. The average molecular weight is 486 g/mol. The number of nitrogens with one attached hydrogen (secondary N) is 1. The van der Waals surface area contributed by atoms with Crippen LogP contribution in [-0.2, 0) is 35.1 Å². The summed E-state index contributed by atoms with van der Waals surface area (Å²) >= 11 is 0. The van der Waals surface area contributed by atoms with Gasteiger partial charge in [-0.1, -0.05) is 12.1 Å². The van der Waals surface area contributed by atoms with Crippen molar-refractivity contribution in [2.75, 3.05) is 11.9 Å². The molecule has 0 saturated carbocycles. The summed E-state index contributed by atoms with van der Waals surface area (Å²) in [6.45, 7) is 2.00. The molecule has 0 bridgehead atoms. The molecule has 2 aromatic carbocycles. The fourth-order valence-corrected chi connectivity index (χ4v) is 4.77. The maximum absolute atomic E-state index is 14.1. The molecule has 2 heterocycles. The molecule has 0 unspecified atom stereocenters. The van der Waals surface area contributed by atoms with Crippen LogP contribution in [0, 0.1) is 5.82 Å². The summed E-state index contributed by atoms with van der Waals surface area (Å²) in [5.74, 6) is -1.88. The van der Waals surface area contributed by atoms with Gasteiger partial charge in [0.15, 0.2) is 0 Å². The van der Waals surface area contributed by atoms with Crippen LogP contribution in [0.1, 0.15) is 30.4 Å². The first-order chi connectivity index (χ1) is 16.7. The van der Waals surface area contributed by atoms with Crippen LogP contribution >= 0.6 is 0 Å². The van der Waals surface area contributed by atoms with Crippen molar-refractivity contribution in [3.05, 3.63) is 65.4 Å². The Hall–Kier alpha value is -3.69. The van der Waals surface area contributed by atoms with Crippen molar-refractivity contribution in [2.45, 2.75) is 44.9 Å². The Balaban J connectivity index is 1.52. The van der Waals surface area contributed by atoms with Crippen LogP contribution in [0.25, 0.3) is 21.8 Å². The van der Waals surface area contributed by atoms with Gasteiger partial charge < -0.3 is 14.6 Å². The average Bonchev–Trinajstić information content (AvgIpc) is 3.10. The maximum atomic E-state index is 14.1. The van der Waals surface area contributed by atoms with Gasteiger partial charge in [0.1, 0.15) is 18.2 Å². The number of alkyl halides is 3. The molecule has 5 rings (SSSR count). The number of benzene rings is 2. The van der Waals surface area contributed by atoms with Crippen molar-refractivity contribution in [3.8, 4) is 0 Å². The maximum Gasteiger partial charge on any atom is 0.451 e. The van der Waals surface area contributed by atoms with Crippen LogP contribution in [0.4, 0.5) is 23.4 Å². The lowest BCUT2D eigenvalue weighted by atomic mass is 9.91. The number of rotatable bonds is 5. The molecular weight excluding hydrogens is 464 g/mol. The minimum Gasteiger partial charge on any atom is -0.465 e. The van der Waals surface area contributed by atoms with Crippen LogP contribution in [0.2, 0.25) is 0 Å². The van der Waals surface area contributed by atoms with E-state index in [1.54, 1.807) is 31.2 Å².